The number of halogens is 1. The van der Waals surface area contributed by atoms with Gasteiger partial charge in [-0.05, 0) is 48.7 Å². The molecule has 23 heavy (non-hydrogen) atoms. The Kier molecular flexibility index (Phi) is 4.67. The topological polar surface area (TPSA) is 63.8 Å². The summed E-state index contributed by atoms with van der Waals surface area (Å²) in [5.41, 5.74) is 2.40. The number of hydrogen-bond acceptors (Lipinski definition) is 4. The molecule has 1 aliphatic carbocycles. The van der Waals surface area contributed by atoms with E-state index in [1.54, 1.807) is 24.3 Å². The second-order valence-electron chi connectivity index (χ2n) is 5.60. The molecule has 0 unspecified atom stereocenters. The van der Waals surface area contributed by atoms with E-state index in [2.05, 4.69) is 17.5 Å². The Bertz CT molecular complexity index is 709. The summed E-state index contributed by atoms with van der Waals surface area (Å²) < 4.78 is 11.0. The number of nitrogens with zero attached hydrogens (tertiary/aromatic N) is 1. The molecule has 0 radical (unpaired) electrons. The second kappa shape index (κ2) is 6.87. The highest BCUT2D eigenvalue weighted by Gasteiger charge is 2.36. The maximum atomic E-state index is 11.6. The van der Waals surface area contributed by atoms with Gasteiger partial charge in [0.15, 0.2) is 6.61 Å². The van der Waals surface area contributed by atoms with E-state index in [0.29, 0.717) is 28.4 Å². The van der Waals surface area contributed by atoms with Crippen LogP contribution in [0.2, 0.25) is 5.02 Å². The molecule has 1 N–H and O–H groups in total. The van der Waals surface area contributed by atoms with Crippen molar-refractivity contribution in [3.63, 3.8) is 0 Å². The van der Waals surface area contributed by atoms with E-state index in [1.165, 1.54) is 12.6 Å². The lowest BCUT2D eigenvalue weighted by Crippen LogP contribution is -2.24. The Labute approximate surface area is 139 Å². The van der Waals surface area contributed by atoms with Gasteiger partial charge in [0.25, 0.3) is 5.91 Å². The van der Waals surface area contributed by atoms with Crippen molar-refractivity contribution in [3.8, 4) is 5.75 Å². The average molecular weight is 333 g/mol. The van der Waals surface area contributed by atoms with Crippen molar-refractivity contribution in [1.29, 1.82) is 0 Å². The highest BCUT2D eigenvalue weighted by atomic mass is 35.5. The molecule has 1 heterocycles. The van der Waals surface area contributed by atoms with Crippen LogP contribution in [0.3, 0.4) is 0 Å². The van der Waals surface area contributed by atoms with E-state index in [-0.39, 0.29) is 12.5 Å². The van der Waals surface area contributed by atoms with E-state index in [9.17, 15) is 4.79 Å². The third-order valence-electron chi connectivity index (χ3n) is 3.69. The molecule has 1 aromatic heterocycles. The highest BCUT2D eigenvalue weighted by molar-refractivity contribution is 6.30. The number of benzene rings is 1. The molecule has 1 aromatic carbocycles. The fourth-order valence-corrected chi connectivity index (χ4v) is 2.36. The molecule has 2 aromatic rings. The van der Waals surface area contributed by atoms with Crippen LogP contribution in [0.25, 0.3) is 0 Å². The normalized spacial score (nSPS) is 19.7. The van der Waals surface area contributed by atoms with Crippen molar-refractivity contribution in [2.24, 2.45) is 11.0 Å². The molecule has 1 aliphatic rings. The quantitative estimate of drug-likeness (QED) is 0.649. The van der Waals surface area contributed by atoms with Crippen molar-refractivity contribution < 1.29 is 13.9 Å². The first-order valence-corrected chi connectivity index (χ1v) is 7.79. The second-order valence-corrected chi connectivity index (χ2v) is 6.03. The first-order valence-electron chi connectivity index (χ1n) is 7.42. The summed E-state index contributed by atoms with van der Waals surface area (Å²) in [5, 5.41) is 4.48. The Hall–Kier alpha value is -2.27. The van der Waals surface area contributed by atoms with Crippen LogP contribution in [0.4, 0.5) is 0 Å². The van der Waals surface area contributed by atoms with Gasteiger partial charge in [0.2, 0.25) is 0 Å². The summed E-state index contributed by atoms with van der Waals surface area (Å²) in [6.45, 7) is 2.07. The lowest BCUT2D eigenvalue weighted by atomic mass is 10.3. The molecule has 0 bridgehead atoms. The lowest BCUT2D eigenvalue weighted by Gasteiger charge is -2.04. The summed E-state index contributed by atoms with van der Waals surface area (Å²) in [6, 6.07) is 10.6. The van der Waals surface area contributed by atoms with Gasteiger partial charge in [0, 0.05) is 10.9 Å². The third-order valence-corrected chi connectivity index (χ3v) is 3.94. The van der Waals surface area contributed by atoms with Crippen LogP contribution in [0.1, 0.15) is 30.8 Å². The number of hydrogen-bond donors (Lipinski definition) is 1. The number of furan rings is 1. The van der Waals surface area contributed by atoms with Gasteiger partial charge < -0.3 is 9.15 Å². The predicted octanol–water partition coefficient (Wildman–Crippen LogP) is 3.59. The van der Waals surface area contributed by atoms with Crippen LogP contribution < -0.4 is 10.2 Å². The molecule has 2 atom stereocenters. The Balaban J connectivity index is 1.43. The number of nitrogens with one attached hydrogen (secondary N) is 1. The van der Waals surface area contributed by atoms with Crippen molar-refractivity contribution in [2.45, 2.75) is 19.3 Å². The summed E-state index contributed by atoms with van der Waals surface area (Å²) in [5.74, 6) is 3.05. The van der Waals surface area contributed by atoms with Gasteiger partial charge in [-0.1, -0.05) is 18.5 Å². The largest absolute Gasteiger partial charge is 0.484 e. The van der Waals surface area contributed by atoms with Crippen molar-refractivity contribution in [2.75, 3.05) is 6.61 Å². The monoisotopic (exact) mass is 332 g/mol. The van der Waals surface area contributed by atoms with Gasteiger partial charge in [0.1, 0.15) is 17.3 Å². The van der Waals surface area contributed by atoms with Gasteiger partial charge in [-0.15, -0.1) is 0 Å². The molecule has 1 saturated carbocycles. The summed E-state index contributed by atoms with van der Waals surface area (Å²) >= 11 is 5.77. The SMILES string of the molecule is C[C@H]1C[C@H]1c1ccc(/C=N\NC(=O)COc2ccc(Cl)cc2)o1. The first kappa shape index (κ1) is 15.6. The van der Waals surface area contributed by atoms with Gasteiger partial charge in [-0.2, -0.15) is 5.10 Å². The molecule has 0 saturated heterocycles. The number of carbonyl (C=O) groups is 1. The molecule has 120 valence electrons. The van der Waals surface area contributed by atoms with E-state index in [0.717, 1.165) is 5.76 Å². The summed E-state index contributed by atoms with van der Waals surface area (Å²) in [7, 11) is 0. The Morgan fingerprint density at radius 1 is 1.39 bits per heavy atom. The standard InChI is InChI=1S/C17H17ClN2O3/c1-11-8-15(11)16-7-6-14(23-16)9-19-20-17(21)10-22-13-4-2-12(18)3-5-13/h2-7,9,11,15H,8,10H2,1H3,(H,20,21)/b19-9-/t11-,15+/m0/s1. The number of carbonyl (C=O) groups excluding carboxylic acids is 1. The van der Waals surface area contributed by atoms with Crippen molar-refractivity contribution >= 4 is 23.7 Å². The fraction of sp³-hybridized carbons (Fsp3) is 0.294. The van der Waals surface area contributed by atoms with Crippen LogP contribution in [0.15, 0.2) is 45.9 Å². The zero-order chi connectivity index (χ0) is 16.2. The maximum Gasteiger partial charge on any atom is 0.277 e. The van der Waals surface area contributed by atoms with Crippen LogP contribution in [-0.2, 0) is 4.79 Å². The minimum Gasteiger partial charge on any atom is -0.484 e. The molecular formula is C17H17ClN2O3. The first-order chi connectivity index (χ1) is 11.1. The summed E-state index contributed by atoms with van der Waals surface area (Å²) in [4.78, 5) is 11.6. The lowest BCUT2D eigenvalue weighted by molar-refractivity contribution is -0.123. The van der Waals surface area contributed by atoms with Crippen LogP contribution in [0.5, 0.6) is 5.75 Å². The Morgan fingerprint density at radius 3 is 2.83 bits per heavy atom. The third kappa shape index (κ3) is 4.36. The molecule has 5 nitrogen and oxygen atoms in total. The zero-order valence-corrected chi connectivity index (χ0v) is 13.4. The smallest absolute Gasteiger partial charge is 0.277 e. The fourth-order valence-electron chi connectivity index (χ4n) is 2.24. The van der Waals surface area contributed by atoms with Gasteiger partial charge >= 0.3 is 0 Å². The minimum atomic E-state index is -0.348. The van der Waals surface area contributed by atoms with E-state index in [4.69, 9.17) is 20.8 Å². The molecule has 0 aliphatic heterocycles. The number of rotatable bonds is 6. The number of amides is 1. The van der Waals surface area contributed by atoms with E-state index < -0.39 is 0 Å². The summed E-state index contributed by atoms with van der Waals surface area (Å²) in [6.07, 6.45) is 2.65. The zero-order valence-electron chi connectivity index (χ0n) is 12.7. The average Bonchev–Trinajstić information content (AvgIpc) is 3.08. The predicted molar refractivity (Wildman–Crippen MR) is 87.9 cm³/mol. The number of hydrazone groups is 1. The van der Waals surface area contributed by atoms with E-state index >= 15 is 0 Å². The molecule has 0 spiro atoms. The molecule has 1 amide bonds. The van der Waals surface area contributed by atoms with Crippen molar-refractivity contribution in [1.82, 2.24) is 5.43 Å². The minimum absolute atomic E-state index is 0.123. The van der Waals surface area contributed by atoms with Crippen LogP contribution in [-0.4, -0.2) is 18.7 Å². The Morgan fingerprint density at radius 2 is 2.13 bits per heavy atom. The highest BCUT2D eigenvalue weighted by Crippen LogP contribution is 2.47. The van der Waals surface area contributed by atoms with Crippen LogP contribution >= 0.6 is 11.6 Å². The molecule has 6 heteroatoms. The van der Waals surface area contributed by atoms with Gasteiger partial charge in [-0.25, -0.2) is 5.43 Å². The molecular weight excluding hydrogens is 316 g/mol. The van der Waals surface area contributed by atoms with Gasteiger partial charge in [0.05, 0.1) is 6.21 Å². The molecule has 3 rings (SSSR count). The van der Waals surface area contributed by atoms with Crippen molar-refractivity contribution in [3.05, 3.63) is 52.9 Å². The molecule has 1 fully saturated rings. The van der Waals surface area contributed by atoms with E-state index in [1.807, 2.05) is 12.1 Å². The number of ether oxygens (including phenoxy) is 1. The maximum absolute atomic E-state index is 11.6. The van der Waals surface area contributed by atoms with Gasteiger partial charge in [-0.3, -0.25) is 4.79 Å². The van der Waals surface area contributed by atoms with Crippen LogP contribution in [0, 0.1) is 5.92 Å².